The summed E-state index contributed by atoms with van der Waals surface area (Å²) < 4.78 is 5.32. The Morgan fingerprint density at radius 2 is 2.04 bits per heavy atom. The molecule has 6 nitrogen and oxygen atoms in total. The van der Waals surface area contributed by atoms with Crippen LogP contribution in [-0.4, -0.2) is 35.6 Å². The molecule has 0 radical (unpaired) electrons. The van der Waals surface area contributed by atoms with E-state index in [-0.39, 0.29) is 11.9 Å². The molecule has 25 heavy (non-hydrogen) atoms. The molecule has 1 heterocycles. The average molecular weight is 342 g/mol. The molecule has 1 aromatic heterocycles. The Kier molecular flexibility index (Phi) is 6.74. The molecule has 0 saturated heterocycles. The van der Waals surface area contributed by atoms with Crippen LogP contribution in [0.5, 0.6) is 5.75 Å². The molecular weight excluding hydrogens is 316 g/mol. The van der Waals surface area contributed by atoms with E-state index >= 15 is 0 Å². The van der Waals surface area contributed by atoms with Gasteiger partial charge in [0.15, 0.2) is 0 Å². The third-order valence-corrected chi connectivity index (χ3v) is 3.95. The first-order chi connectivity index (χ1) is 12.0. The van der Waals surface area contributed by atoms with Gasteiger partial charge in [0.05, 0.1) is 7.11 Å². The van der Waals surface area contributed by atoms with Gasteiger partial charge in [0.2, 0.25) is 0 Å². The van der Waals surface area contributed by atoms with Crippen LogP contribution < -0.4 is 15.4 Å². The van der Waals surface area contributed by atoms with E-state index in [2.05, 4.69) is 34.4 Å². The van der Waals surface area contributed by atoms with Gasteiger partial charge < -0.3 is 15.4 Å². The topological polar surface area (TPSA) is 76.1 Å². The Labute approximate surface area is 149 Å². The number of para-hydroxylation sites is 1. The van der Waals surface area contributed by atoms with E-state index in [4.69, 9.17) is 4.74 Å². The number of aryl methyl sites for hydroxylation is 1. The third-order valence-electron chi connectivity index (χ3n) is 3.95. The van der Waals surface area contributed by atoms with Gasteiger partial charge in [-0.15, -0.1) is 0 Å². The third kappa shape index (κ3) is 5.45. The highest BCUT2D eigenvalue weighted by Gasteiger charge is 2.11. The van der Waals surface area contributed by atoms with E-state index in [1.165, 1.54) is 0 Å². The number of benzene rings is 1. The van der Waals surface area contributed by atoms with Crippen LogP contribution in [0, 0.1) is 6.92 Å². The standard InChI is InChI=1S/C19H26N4O2/c1-5-13(2)21-18-12-16(22-14(3)23-18)19(24)20-11-10-15-8-6-7-9-17(15)25-4/h6-9,12-13H,5,10-11H2,1-4H3,(H,20,24)(H,21,22,23). The molecule has 0 aliphatic heterocycles. The molecule has 1 atom stereocenters. The van der Waals surface area contributed by atoms with Crippen molar-refractivity contribution in [2.45, 2.75) is 39.7 Å². The lowest BCUT2D eigenvalue weighted by molar-refractivity contribution is 0.0948. The first-order valence-corrected chi connectivity index (χ1v) is 8.55. The smallest absolute Gasteiger partial charge is 0.270 e. The lowest BCUT2D eigenvalue weighted by atomic mass is 10.1. The number of carbonyl (C=O) groups is 1. The Morgan fingerprint density at radius 1 is 1.28 bits per heavy atom. The maximum atomic E-state index is 12.4. The van der Waals surface area contributed by atoms with E-state index in [0.717, 1.165) is 17.7 Å². The van der Waals surface area contributed by atoms with Crippen molar-refractivity contribution in [1.29, 1.82) is 0 Å². The zero-order valence-corrected chi connectivity index (χ0v) is 15.3. The first-order valence-electron chi connectivity index (χ1n) is 8.55. The summed E-state index contributed by atoms with van der Waals surface area (Å²) >= 11 is 0. The van der Waals surface area contributed by atoms with Gasteiger partial charge in [-0.3, -0.25) is 4.79 Å². The monoisotopic (exact) mass is 342 g/mol. The van der Waals surface area contributed by atoms with Gasteiger partial charge in [-0.2, -0.15) is 0 Å². The van der Waals surface area contributed by atoms with E-state index < -0.39 is 0 Å². The highest BCUT2D eigenvalue weighted by molar-refractivity contribution is 5.92. The summed E-state index contributed by atoms with van der Waals surface area (Å²) in [5, 5.41) is 6.18. The largest absolute Gasteiger partial charge is 0.496 e. The highest BCUT2D eigenvalue weighted by Crippen LogP contribution is 2.17. The van der Waals surface area contributed by atoms with Crippen LogP contribution in [0.1, 0.15) is 42.1 Å². The van der Waals surface area contributed by atoms with Crippen molar-refractivity contribution >= 4 is 11.7 Å². The molecule has 1 unspecified atom stereocenters. The van der Waals surface area contributed by atoms with Gasteiger partial charge in [0, 0.05) is 18.7 Å². The normalized spacial score (nSPS) is 11.7. The minimum Gasteiger partial charge on any atom is -0.496 e. The molecule has 2 aromatic rings. The average Bonchev–Trinajstić information content (AvgIpc) is 2.61. The second-order valence-electron chi connectivity index (χ2n) is 5.96. The van der Waals surface area contributed by atoms with Crippen molar-refractivity contribution < 1.29 is 9.53 Å². The number of anilines is 1. The van der Waals surface area contributed by atoms with Gasteiger partial charge in [-0.05, 0) is 38.3 Å². The number of carbonyl (C=O) groups excluding carboxylic acids is 1. The van der Waals surface area contributed by atoms with Crippen LogP contribution in [0.2, 0.25) is 0 Å². The molecule has 134 valence electrons. The molecule has 2 N–H and O–H groups in total. The number of aromatic nitrogens is 2. The minimum atomic E-state index is -0.201. The second kappa shape index (κ2) is 9.01. The van der Waals surface area contributed by atoms with Gasteiger partial charge in [0.25, 0.3) is 5.91 Å². The number of ether oxygens (including phenoxy) is 1. The van der Waals surface area contributed by atoms with Crippen molar-refractivity contribution in [1.82, 2.24) is 15.3 Å². The van der Waals surface area contributed by atoms with Crippen LogP contribution in [0.3, 0.4) is 0 Å². The van der Waals surface area contributed by atoms with Crippen molar-refractivity contribution in [3.63, 3.8) is 0 Å². The number of methoxy groups -OCH3 is 1. The van der Waals surface area contributed by atoms with Gasteiger partial charge in [0.1, 0.15) is 23.1 Å². The zero-order chi connectivity index (χ0) is 18.2. The van der Waals surface area contributed by atoms with Crippen LogP contribution in [-0.2, 0) is 6.42 Å². The quantitative estimate of drug-likeness (QED) is 0.771. The lowest BCUT2D eigenvalue weighted by Gasteiger charge is -2.13. The molecule has 0 bridgehead atoms. The van der Waals surface area contributed by atoms with Crippen LogP contribution in [0.25, 0.3) is 0 Å². The summed E-state index contributed by atoms with van der Waals surface area (Å²) in [5.41, 5.74) is 1.43. The minimum absolute atomic E-state index is 0.201. The summed E-state index contributed by atoms with van der Waals surface area (Å²) in [5.74, 6) is 1.88. The molecule has 2 rings (SSSR count). The maximum Gasteiger partial charge on any atom is 0.270 e. The summed E-state index contributed by atoms with van der Waals surface area (Å²) in [6, 6.07) is 9.77. The van der Waals surface area contributed by atoms with Gasteiger partial charge in [-0.25, -0.2) is 9.97 Å². The number of nitrogens with zero attached hydrogens (tertiary/aromatic N) is 2. The molecule has 0 aliphatic rings. The van der Waals surface area contributed by atoms with Crippen molar-refractivity contribution in [2.24, 2.45) is 0 Å². The van der Waals surface area contributed by atoms with Crippen molar-refractivity contribution in [2.75, 3.05) is 19.0 Å². The fraction of sp³-hybridized carbons (Fsp3) is 0.421. The molecule has 0 saturated carbocycles. The predicted octanol–water partition coefficient (Wildman–Crippen LogP) is 2.98. The molecular formula is C19H26N4O2. The lowest BCUT2D eigenvalue weighted by Crippen LogP contribution is -2.27. The Bertz CT molecular complexity index is 718. The summed E-state index contributed by atoms with van der Waals surface area (Å²) in [7, 11) is 1.65. The van der Waals surface area contributed by atoms with Crippen LogP contribution >= 0.6 is 0 Å². The number of nitrogens with one attached hydrogen (secondary N) is 2. The summed E-state index contributed by atoms with van der Waals surface area (Å²) in [4.78, 5) is 21.0. The molecule has 0 aliphatic carbocycles. The molecule has 1 aromatic carbocycles. The Balaban J connectivity index is 1.98. The maximum absolute atomic E-state index is 12.4. The molecule has 0 fully saturated rings. The van der Waals surface area contributed by atoms with Crippen LogP contribution in [0.15, 0.2) is 30.3 Å². The predicted molar refractivity (Wildman–Crippen MR) is 99.2 cm³/mol. The number of amides is 1. The fourth-order valence-electron chi connectivity index (χ4n) is 2.42. The number of hydrogen-bond acceptors (Lipinski definition) is 5. The molecule has 0 spiro atoms. The Hall–Kier alpha value is -2.63. The fourth-order valence-corrected chi connectivity index (χ4v) is 2.42. The van der Waals surface area contributed by atoms with Crippen LogP contribution in [0.4, 0.5) is 5.82 Å². The number of hydrogen-bond donors (Lipinski definition) is 2. The number of rotatable bonds is 8. The summed E-state index contributed by atoms with van der Waals surface area (Å²) in [6.07, 6.45) is 1.67. The molecule has 1 amide bonds. The van der Waals surface area contributed by atoms with E-state index in [9.17, 15) is 4.79 Å². The molecule has 6 heteroatoms. The van der Waals surface area contributed by atoms with E-state index in [1.54, 1.807) is 20.1 Å². The zero-order valence-electron chi connectivity index (χ0n) is 15.3. The Morgan fingerprint density at radius 3 is 2.76 bits per heavy atom. The van der Waals surface area contributed by atoms with E-state index in [0.29, 0.717) is 30.3 Å². The van der Waals surface area contributed by atoms with Crippen molar-refractivity contribution in [3.05, 3.63) is 47.4 Å². The first kappa shape index (κ1) is 18.7. The van der Waals surface area contributed by atoms with Crippen molar-refractivity contribution in [3.8, 4) is 5.75 Å². The van der Waals surface area contributed by atoms with Gasteiger partial charge in [-0.1, -0.05) is 25.1 Å². The SMILES string of the molecule is CCC(C)Nc1cc(C(=O)NCCc2ccccc2OC)nc(C)n1. The second-order valence-corrected chi connectivity index (χ2v) is 5.96. The van der Waals surface area contributed by atoms with Gasteiger partial charge >= 0.3 is 0 Å². The highest BCUT2D eigenvalue weighted by atomic mass is 16.5. The summed E-state index contributed by atoms with van der Waals surface area (Å²) in [6.45, 7) is 6.46. The van der Waals surface area contributed by atoms with E-state index in [1.807, 2.05) is 24.3 Å².